The Labute approximate surface area is 109 Å². The Morgan fingerprint density at radius 2 is 2.17 bits per heavy atom. The van der Waals surface area contributed by atoms with Crippen LogP contribution in [-0.2, 0) is 17.2 Å². The first-order valence-corrected chi connectivity index (χ1v) is 5.57. The number of nitro groups is 1. The Morgan fingerprint density at radius 1 is 1.50 bits per heavy atom. The van der Waals surface area contributed by atoms with Crippen LogP contribution in [0.2, 0.25) is 0 Å². The average Bonchev–Trinajstić information content (AvgIpc) is 2.35. The quantitative estimate of drug-likeness (QED) is 0.459. The van der Waals surface area contributed by atoms with Gasteiger partial charge in [0.05, 0.1) is 10.5 Å². The molecule has 18 heavy (non-hydrogen) atoms. The number of carbonyl (C=O) groups is 1. The summed E-state index contributed by atoms with van der Waals surface area (Å²) in [5, 5.41) is 10.8. The maximum Gasteiger partial charge on any atom is 0.433 e. The highest BCUT2D eigenvalue weighted by Gasteiger charge is 2.23. The van der Waals surface area contributed by atoms with Gasteiger partial charge in [0.25, 0.3) is 18.1 Å². The Hall–Kier alpha value is -1.73. The lowest BCUT2D eigenvalue weighted by atomic mass is 10.1. The van der Waals surface area contributed by atoms with Crippen molar-refractivity contribution in [1.29, 1.82) is 0 Å². The Morgan fingerprint density at radius 3 is 2.72 bits per heavy atom. The minimum absolute atomic E-state index is 0.0870. The number of benzene rings is 1. The molecule has 6 nitrogen and oxygen atoms in total. The summed E-state index contributed by atoms with van der Waals surface area (Å²) in [4.78, 5) is 22.1. The van der Waals surface area contributed by atoms with E-state index in [1.54, 1.807) is 6.92 Å². The SMILES string of the molecule is COCC[N+](=S)C(=O)c1ccc(C)c([N+](=O)[O-])c1. The average molecular weight is 269 g/mol. The lowest BCUT2D eigenvalue weighted by molar-refractivity contribution is -0.402. The third kappa shape index (κ3) is 3.38. The van der Waals surface area contributed by atoms with E-state index in [1.807, 2.05) is 0 Å². The van der Waals surface area contributed by atoms with E-state index in [9.17, 15) is 14.9 Å². The molecular formula is C11H13N2O4S+. The van der Waals surface area contributed by atoms with Gasteiger partial charge in [0.1, 0.15) is 6.61 Å². The number of rotatable bonds is 5. The van der Waals surface area contributed by atoms with Crippen LogP contribution in [0.5, 0.6) is 0 Å². The van der Waals surface area contributed by atoms with Crippen LogP contribution in [0.15, 0.2) is 18.2 Å². The molecule has 0 heterocycles. The maximum absolute atomic E-state index is 11.9. The topological polar surface area (TPSA) is 72.5 Å². The standard InChI is InChI=1S/C11H13N2O4S/c1-8-3-4-9(7-10(8)13(15)16)11(14)12(18)5-6-17-2/h3-4,7H,5-6H2,1-2H3/q+1. The molecule has 0 atom stereocenters. The molecule has 1 aromatic rings. The minimum Gasteiger partial charge on any atom is -0.378 e. The highest BCUT2D eigenvalue weighted by molar-refractivity contribution is 7.44. The van der Waals surface area contributed by atoms with Crippen molar-refractivity contribution >= 4 is 24.0 Å². The van der Waals surface area contributed by atoms with Gasteiger partial charge in [-0.1, -0.05) is 10.0 Å². The number of nitrogens with zero attached hydrogens (tertiary/aromatic N) is 2. The van der Waals surface area contributed by atoms with Gasteiger partial charge in [-0.15, -0.1) is 0 Å². The van der Waals surface area contributed by atoms with Crippen molar-refractivity contribution in [2.75, 3.05) is 20.3 Å². The summed E-state index contributed by atoms with van der Waals surface area (Å²) >= 11 is 4.88. The van der Waals surface area contributed by atoms with E-state index in [0.717, 1.165) is 3.95 Å². The largest absolute Gasteiger partial charge is 0.433 e. The molecule has 0 N–H and O–H groups in total. The fraction of sp³-hybridized carbons (Fsp3) is 0.364. The van der Waals surface area contributed by atoms with Crippen molar-refractivity contribution < 1.29 is 18.4 Å². The van der Waals surface area contributed by atoms with Crippen LogP contribution in [0.3, 0.4) is 0 Å². The first-order valence-electron chi connectivity index (χ1n) is 5.20. The molecule has 1 rings (SSSR count). The molecular weight excluding hydrogens is 256 g/mol. The van der Waals surface area contributed by atoms with Crippen molar-refractivity contribution in [1.82, 2.24) is 0 Å². The molecule has 0 aliphatic rings. The second kappa shape index (κ2) is 6.27. The van der Waals surface area contributed by atoms with E-state index < -0.39 is 10.8 Å². The van der Waals surface area contributed by atoms with Gasteiger partial charge in [-0.25, -0.2) is 4.79 Å². The van der Waals surface area contributed by atoms with Gasteiger partial charge in [-0.05, 0) is 13.0 Å². The van der Waals surface area contributed by atoms with Gasteiger partial charge in [-0.2, -0.15) is 0 Å². The molecule has 0 spiro atoms. The predicted molar refractivity (Wildman–Crippen MR) is 66.5 cm³/mol. The van der Waals surface area contributed by atoms with Crippen LogP contribution in [0.1, 0.15) is 15.9 Å². The second-order valence-corrected chi connectivity index (χ2v) is 4.10. The maximum atomic E-state index is 11.9. The van der Waals surface area contributed by atoms with Crippen LogP contribution in [0.4, 0.5) is 5.69 Å². The van der Waals surface area contributed by atoms with Crippen molar-refractivity contribution in [3.8, 4) is 0 Å². The number of hydrogen-bond donors (Lipinski definition) is 0. The fourth-order valence-electron chi connectivity index (χ4n) is 1.36. The highest BCUT2D eigenvalue weighted by atomic mass is 32.1. The number of nitro benzene ring substituents is 1. The third-order valence-corrected chi connectivity index (χ3v) is 2.73. The van der Waals surface area contributed by atoms with Gasteiger partial charge in [0.15, 0.2) is 6.54 Å². The number of carbonyl (C=O) groups excluding carboxylic acids is 1. The zero-order chi connectivity index (χ0) is 13.7. The van der Waals surface area contributed by atoms with E-state index >= 15 is 0 Å². The minimum atomic E-state index is -0.519. The van der Waals surface area contributed by atoms with Crippen molar-refractivity contribution in [2.45, 2.75) is 6.92 Å². The Bertz CT molecular complexity index is 502. The van der Waals surface area contributed by atoms with Crippen molar-refractivity contribution in [3.05, 3.63) is 39.4 Å². The van der Waals surface area contributed by atoms with Crippen molar-refractivity contribution in [3.63, 3.8) is 0 Å². The summed E-state index contributed by atoms with van der Waals surface area (Å²) in [5.74, 6) is -0.440. The first-order chi connectivity index (χ1) is 8.47. The Kier molecular flexibility index (Phi) is 4.99. The van der Waals surface area contributed by atoms with Crippen LogP contribution >= 0.6 is 0 Å². The molecule has 0 bridgehead atoms. The molecule has 0 unspecified atom stereocenters. The molecule has 96 valence electrons. The zero-order valence-electron chi connectivity index (χ0n) is 10.1. The molecule has 0 aliphatic heterocycles. The van der Waals surface area contributed by atoms with Gasteiger partial charge in [-0.3, -0.25) is 10.1 Å². The van der Waals surface area contributed by atoms with E-state index in [0.29, 0.717) is 12.2 Å². The number of hydrogen-bond acceptors (Lipinski definition) is 5. The predicted octanol–water partition coefficient (Wildman–Crippen LogP) is 1.43. The van der Waals surface area contributed by atoms with Crippen LogP contribution in [-0.4, -0.2) is 35.0 Å². The number of methoxy groups -OCH3 is 1. The first kappa shape index (κ1) is 14.3. The van der Waals surface area contributed by atoms with Crippen LogP contribution in [0, 0.1) is 17.0 Å². The van der Waals surface area contributed by atoms with Crippen molar-refractivity contribution in [2.24, 2.45) is 0 Å². The molecule has 0 saturated carbocycles. The summed E-state index contributed by atoms with van der Waals surface area (Å²) in [6.07, 6.45) is 0. The molecule has 0 aliphatic carbocycles. The summed E-state index contributed by atoms with van der Waals surface area (Å²) in [7, 11) is 1.50. The molecule has 0 radical (unpaired) electrons. The van der Waals surface area contributed by atoms with E-state index in [-0.39, 0.29) is 17.8 Å². The smallest absolute Gasteiger partial charge is 0.378 e. The van der Waals surface area contributed by atoms with Gasteiger partial charge >= 0.3 is 5.91 Å². The Balaban J connectivity index is 2.96. The molecule has 1 aromatic carbocycles. The number of aryl methyl sites for hydroxylation is 1. The second-order valence-electron chi connectivity index (χ2n) is 3.66. The number of amides is 1. The summed E-state index contributed by atoms with van der Waals surface area (Å²) in [6.45, 7) is 2.19. The van der Waals surface area contributed by atoms with Crippen LogP contribution < -0.4 is 0 Å². The third-order valence-electron chi connectivity index (χ3n) is 2.38. The van der Waals surface area contributed by atoms with E-state index in [2.05, 4.69) is 0 Å². The lowest BCUT2D eigenvalue weighted by Gasteiger charge is -1.99. The normalized spacial score (nSPS) is 10.1. The molecule has 0 fully saturated rings. The summed E-state index contributed by atoms with van der Waals surface area (Å²) in [5.41, 5.74) is 0.624. The van der Waals surface area contributed by atoms with Gasteiger partial charge < -0.3 is 4.74 Å². The lowest BCUT2D eigenvalue weighted by Crippen LogP contribution is -2.22. The van der Waals surface area contributed by atoms with Gasteiger partial charge in [0, 0.05) is 18.7 Å². The van der Waals surface area contributed by atoms with Gasteiger partial charge in [0.2, 0.25) is 0 Å². The zero-order valence-corrected chi connectivity index (χ0v) is 10.9. The van der Waals surface area contributed by atoms with Crippen LogP contribution in [0.25, 0.3) is 0 Å². The molecule has 7 heteroatoms. The summed E-state index contributed by atoms with van der Waals surface area (Å²) < 4.78 is 5.86. The molecule has 0 aromatic heterocycles. The molecule has 1 amide bonds. The molecule has 0 saturated heterocycles. The number of ether oxygens (including phenoxy) is 1. The highest BCUT2D eigenvalue weighted by Crippen LogP contribution is 2.19. The summed E-state index contributed by atoms with van der Waals surface area (Å²) in [6, 6.07) is 4.30. The van der Waals surface area contributed by atoms with E-state index in [1.165, 1.54) is 25.3 Å². The van der Waals surface area contributed by atoms with E-state index in [4.69, 9.17) is 17.2 Å². The monoisotopic (exact) mass is 269 g/mol. The fourth-order valence-corrected chi connectivity index (χ4v) is 1.54.